The van der Waals surface area contributed by atoms with Gasteiger partial charge >= 0.3 is 39.5 Å². The average Bonchev–Trinajstić information content (AvgIpc) is 0.900. The number of phosphoric ester groups is 2. The molecule has 0 aliphatic heterocycles. The Kier molecular flexibility index (Phi) is 79.4. The lowest BCUT2D eigenvalue weighted by atomic mass is 9.99. The lowest BCUT2D eigenvalue weighted by Crippen LogP contribution is -2.30. The molecule has 0 amide bonds. The van der Waals surface area contributed by atoms with Crippen LogP contribution >= 0.6 is 15.6 Å². The third-order valence-corrected chi connectivity index (χ3v) is 23.6. The van der Waals surface area contributed by atoms with Crippen molar-refractivity contribution in [3.63, 3.8) is 0 Å². The highest BCUT2D eigenvalue weighted by molar-refractivity contribution is 7.47. The summed E-state index contributed by atoms with van der Waals surface area (Å²) in [7, 11) is -9.94. The summed E-state index contributed by atoms with van der Waals surface area (Å²) in [4.78, 5) is 73.4. The standard InChI is InChI=1S/C91H178O17P2/c1-8-10-11-12-13-14-15-16-17-18-19-20-21-22-26-29-32-35-44-51-58-65-72-88(93)101-78-86(107-90(95)74-67-60-53-46-36-33-30-27-24-23-25-28-31-34-43-50-57-64-71-84(7)9-2)80-105-109(97,98)103-76-85(92)77-104-110(99,100)106-81-87(108-91(96)75-68-61-54-47-40-38-42-49-56-63-70-83(5)6)79-102-89(94)73-66-59-52-45-39-37-41-48-55-62-69-82(3)4/h82-87,92H,8-81H2,1-7H3,(H,97,98)(H,99,100)/t84?,85-,86-,87-/m1/s1. The summed E-state index contributed by atoms with van der Waals surface area (Å²) in [6.45, 7) is 12.1. The van der Waals surface area contributed by atoms with Gasteiger partial charge in [0.15, 0.2) is 12.2 Å². The maximum atomic E-state index is 13.2. The maximum Gasteiger partial charge on any atom is 0.472 e. The van der Waals surface area contributed by atoms with Crippen molar-refractivity contribution in [2.24, 2.45) is 17.8 Å². The van der Waals surface area contributed by atoms with Crippen molar-refractivity contribution >= 4 is 39.5 Å². The van der Waals surface area contributed by atoms with Crippen LogP contribution in [0.5, 0.6) is 0 Å². The van der Waals surface area contributed by atoms with Gasteiger partial charge in [-0.1, -0.05) is 434 Å². The van der Waals surface area contributed by atoms with Gasteiger partial charge in [0.2, 0.25) is 0 Å². The Balaban J connectivity index is 5.23. The Morgan fingerprint density at radius 2 is 0.464 bits per heavy atom. The molecule has 19 heteroatoms. The van der Waals surface area contributed by atoms with Gasteiger partial charge in [0.1, 0.15) is 19.3 Å². The summed E-state index contributed by atoms with van der Waals surface area (Å²) in [5.74, 6) is 0.281. The molecule has 0 aromatic heterocycles. The molecule has 0 saturated heterocycles. The first kappa shape index (κ1) is 108. The van der Waals surface area contributed by atoms with Crippen LogP contribution in [0, 0.1) is 17.8 Å². The summed E-state index contributed by atoms with van der Waals surface area (Å²) >= 11 is 0. The number of aliphatic hydroxyl groups is 1. The summed E-state index contributed by atoms with van der Waals surface area (Å²) in [5.41, 5.74) is 0. The van der Waals surface area contributed by atoms with Gasteiger partial charge in [-0.3, -0.25) is 37.3 Å². The number of carbonyl (C=O) groups excluding carboxylic acids is 4. The van der Waals surface area contributed by atoms with Gasteiger partial charge in [0, 0.05) is 25.7 Å². The highest BCUT2D eigenvalue weighted by Crippen LogP contribution is 2.45. The Morgan fingerprint density at radius 3 is 0.691 bits per heavy atom. The fraction of sp³-hybridized carbons (Fsp3) is 0.956. The molecule has 0 aromatic rings. The largest absolute Gasteiger partial charge is 0.472 e. The monoisotopic (exact) mass is 1610 g/mol. The lowest BCUT2D eigenvalue weighted by Gasteiger charge is -2.21. The Labute approximate surface area is 677 Å². The molecule has 0 radical (unpaired) electrons. The number of unbranched alkanes of at least 4 members (excludes halogenated alkanes) is 56. The zero-order chi connectivity index (χ0) is 80.8. The smallest absolute Gasteiger partial charge is 0.462 e. The summed E-state index contributed by atoms with van der Waals surface area (Å²) in [6.07, 6.45) is 73.8. The van der Waals surface area contributed by atoms with E-state index in [1.165, 1.54) is 295 Å². The van der Waals surface area contributed by atoms with E-state index in [2.05, 4.69) is 48.5 Å². The minimum absolute atomic E-state index is 0.106. The van der Waals surface area contributed by atoms with Crippen LogP contribution in [-0.4, -0.2) is 96.7 Å². The number of aliphatic hydroxyl groups excluding tert-OH is 1. The first-order valence-corrected chi connectivity index (χ1v) is 49.9. The van der Waals surface area contributed by atoms with E-state index in [1.807, 2.05) is 0 Å². The zero-order valence-corrected chi connectivity index (χ0v) is 74.5. The quantitative estimate of drug-likeness (QED) is 0.0222. The van der Waals surface area contributed by atoms with Crippen LogP contribution < -0.4 is 0 Å². The molecule has 0 rings (SSSR count). The fourth-order valence-electron chi connectivity index (χ4n) is 14.2. The van der Waals surface area contributed by atoms with Crippen molar-refractivity contribution < 1.29 is 80.2 Å². The molecule has 0 fully saturated rings. The van der Waals surface area contributed by atoms with Crippen molar-refractivity contribution in [3.05, 3.63) is 0 Å². The normalized spacial score (nSPS) is 14.0. The van der Waals surface area contributed by atoms with Gasteiger partial charge in [0.05, 0.1) is 26.4 Å². The van der Waals surface area contributed by atoms with Gasteiger partial charge in [-0.05, 0) is 43.4 Å². The van der Waals surface area contributed by atoms with E-state index in [9.17, 15) is 43.2 Å². The highest BCUT2D eigenvalue weighted by atomic mass is 31.2. The third kappa shape index (κ3) is 82.6. The number of rotatable bonds is 89. The van der Waals surface area contributed by atoms with E-state index in [0.717, 1.165) is 108 Å². The van der Waals surface area contributed by atoms with Crippen molar-refractivity contribution in [1.29, 1.82) is 0 Å². The molecule has 110 heavy (non-hydrogen) atoms. The molecule has 3 unspecified atom stereocenters. The Bertz CT molecular complexity index is 2120. The highest BCUT2D eigenvalue weighted by Gasteiger charge is 2.31. The van der Waals surface area contributed by atoms with Crippen LogP contribution in [-0.2, 0) is 65.4 Å². The maximum absolute atomic E-state index is 13.2. The predicted octanol–water partition coefficient (Wildman–Crippen LogP) is 28.0. The molecule has 0 aliphatic carbocycles. The molecule has 6 atom stereocenters. The van der Waals surface area contributed by atoms with E-state index >= 15 is 0 Å². The van der Waals surface area contributed by atoms with Crippen LogP contribution in [0.25, 0.3) is 0 Å². The molecule has 3 N–H and O–H groups in total. The minimum Gasteiger partial charge on any atom is -0.462 e. The zero-order valence-electron chi connectivity index (χ0n) is 72.7. The number of esters is 4. The summed E-state index contributed by atoms with van der Waals surface area (Å²) in [6, 6.07) is 0. The molecule has 17 nitrogen and oxygen atoms in total. The van der Waals surface area contributed by atoms with Crippen LogP contribution in [0.15, 0.2) is 0 Å². The number of hydrogen-bond donors (Lipinski definition) is 3. The van der Waals surface area contributed by atoms with Crippen molar-refractivity contribution in [1.82, 2.24) is 0 Å². The topological polar surface area (TPSA) is 237 Å². The minimum atomic E-state index is -4.97. The van der Waals surface area contributed by atoms with Crippen molar-refractivity contribution in [2.45, 2.75) is 503 Å². The number of carbonyl (C=O) groups is 4. The first-order valence-electron chi connectivity index (χ1n) is 46.9. The van der Waals surface area contributed by atoms with Crippen LogP contribution in [0.4, 0.5) is 0 Å². The molecular formula is C91H178O17P2. The molecule has 0 heterocycles. The first-order chi connectivity index (χ1) is 53.3. The second-order valence-corrected chi connectivity index (χ2v) is 36.8. The van der Waals surface area contributed by atoms with E-state index in [0.29, 0.717) is 25.7 Å². The second-order valence-electron chi connectivity index (χ2n) is 33.9. The van der Waals surface area contributed by atoms with Crippen LogP contribution in [0.1, 0.15) is 485 Å². The van der Waals surface area contributed by atoms with Crippen molar-refractivity contribution in [3.8, 4) is 0 Å². The van der Waals surface area contributed by atoms with Gasteiger partial charge in [-0.25, -0.2) is 9.13 Å². The SMILES string of the molecule is CCCCCCCCCCCCCCCCCCCCCCCCC(=O)OC[C@H](COP(=O)(O)OC[C@@H](O)COP(=O)(O)OC[C@@H](COC(=O)CCCCCCCCCCCCC(C)C)OC(=O)CCCCCCCCCCCCC(C)C)OC(=O)CCCCCCCCCCCCCCCCCCCCC(C)CC. The Morgan fingerprint density at radius 1 is 0.264 bits per heavy atom. The van der Waals surface area contributed by atoms with Gasteiger partial charge < -0.3 is 33.8 Å². The van der Waals surface area contributed by atoms with Gasteiger partial charge in [-0.15, -0.1) is 0 Å². The average molecular weight is 1610 g/mol. The van der Waals surface area contributed by atoms with Gasteiger partial charge in [-0.2, -0.15) is 0 Å². The molecular weight excluding hydrogens is 1430 g/mol. The number of phosphoric acid groups is 2. The van der Waals surface area contributed by atoms with E-state index in [1.54, 1.807) is 0 Å². The molecule has 0 aliphatic rings. The van der Waals surface area contributed by atoms with Crippen LogP contribution in [0.2, 0.25) is 0 Å². The summed E-state index contributed by atoms with van der Waals surface area (Å²) < 4.78 is 69.0. The predicted molar refractivity (Wildman–Crippen MR) is 455 cm³/mol. The lowest BCUT2D eigenvalue weighted by molar-refractivity contribution is -0.161. The van der Waals surface area contributed by atoms with Crippen LogP contribution in [0.3, 0.4) is 0 Å². The number of ether oxygens (including phenoxy) is 4. The van der Waals surface area contributed by atoms with Crippen molar-refractivity contribution in [2.75, 3.05) is 39.6 Å². The molecule has 0 aromatic carbocycles. The second kappa shape index (κ2) is 80.8. The Hall–Kier alpha value is -1.94. The molecule has 654 valence electrons. The molecule has 0 spiro atoms. The fourth-order valence-corrected chi connectivity index (χ4v) is 15.8. The molecule has 0 bridgehead atoms. The van der Waals surface area contributed by atoms with Gasteiger partial charge in [0.25, 0.3) is 0 Å². The summed E-state index contributed by atoms with van der Waals surface area (Å²) in [5, 5.41) is 10.7. The van der Waals surface area contributed by atoms with E-state index in [-0.39, 0.29) is 25.7 Å². The van der Waals surface area contributed by atoms with E-state index < -0.39 is 97.5 Å². The number of hydrogen-bond acceptors (Lipinski definition) is 15. The molecule has 0 saturated carbocycles. The van der Waals surface area contributed by atoms with E-state index in [4.69, 9.17) is 37.0 Å². The third-order valence-electron chi connectivity index (χ3n) is 21.7.